The molecular formula is C19H24N4O3. The first-order valence-corrected chi connectivity index (χ1v) is 9.00. The fraction of sp³-hybridized carbons (Fsp3) is 0.474. The van der Waals surface area contributed by atoms with Gasteiger partial charge in [-0.3, -0.25) is 14.6 Å². The van der Waals surface area contributed by atoms with Crippen molar-refractivity contribution in [3.63, 3.8) is 0 Å². The summed E-state index contributed by atoms with van der Waals surface area (Å²) in [7, 11) is 0. The summed E-state index contributed by atoms with van der Waals surface area (Å²) in [6, 6.07) is 7.28. The van der Waals surface area contributed by atoms with Gasteiger partial charge in [0.05, 0.1) is 17.9 Å². The molecule has 138 valence electrons. The molecule has 0 aromatic carbocycles. The van der Waals surface area contributed by atoms with E-state index in [9.17, 15) is 9.59 Å². The lowest BCUT2D eigenvalue weighted by Crippen LogP contribution is -2.36. The number of carbonyl (C=O) groups excluding carboxylic acids is 2. The Morgan fingerprint density at radius 3 is 2.62 bits per heavy atom. The Kier molecular flexibility index (Phi) is 5.99. The van der Waals surface area contributed by atoms with Gasteiger partial charge in [-0.15, -0.1) is 0 Å². The van der Waals surface area contributed by atoms with Crippen molar-refractivity contribution in [2.24, 2.45) is 11.8 Å². The summed E-state index contributed by atoms with van der Waals surface area (Å²) >= 11 is 0. The second-order valence-electron chi connectivity index (χ2n) is 6.80. The number of rotatable bonds is 6. The fourth-order valence-corrected chi connectivity index (χ4v) is 3.59. The van der Waals surface area contributed by atoms with Gasteiger partial charge in [-0.25, -0.2) is 0 Å². The molecule has 3 rings (SSSR count). The Morgan fingerprint density at radius 1 is 1.19 bits per heavy atom. The van der Waals surface area contributed by atoms with E-state index in [4.69, 9.17) is 4.52 Å². The van der Waals surface area contributed by atoms with Crippen LogP contribution in [0.4, 0.5) is 0 Å². The third kappa shape index (κ3) is 4.68. The van der Waals surface area contributed by atoms with E-state index in [1.165, 1.54) is 6.20 Å². The summed E-state index contributed by atoms with van der Waals surface area (Å²) in [6.45, 7) is 2.17. The normalized spacial score (nSPS) is 21.0. The monoisotopic (exact) mass is 356 g/mol. The molecule has 0 aliphatic heterocycles. The summed E-state index contributed by atoms with van der Waals surface area (Å²) < 4.78 is 4.86. The van der Waals surface area contributed by atoms with Crippen molar-refractivity contribution >= 4 is 11.8 Å². The zero-order valence-electron chi connectivity index (χ0n) is 14.9. The van der Waals surface area contributed by atoms with E-state index in [0.717, 1.165) is 31.4 Å². The molecule has 7 nitrogen and oxygen atoms in total. The highest BCUT2D eigenvalue weighted by atomic mass is 16.5. The van der Waals surface area contributed by atoms with Gasteiger partial charge >= 0.3 is 0 Å². The third-order valence-electron chi connectivity index (χ3n) is 4.94. The summed E-state index contributed by atoms with van der Waals surface area (Å²) in [5.41, 5.74) is 0.907. The van der Waals surface area contributed by atoms with E-state index in [-0.39, 0.29) is 23.6 Å². The Labute approximate surface area is 152 Å². The average molecular weight is 356 g/mol. The van der Waals surface area contributed by atoms with Crippen LogP contribution in [-0.4, -0.2) is 28.5 Å². The minimum absolute atomic E-state index is 0.0397. The van der Waals surface area contributed by atoms with Gasteiger partial charge in [-0.2, -0.15) is 0 Å². The molecule has 2 N–H and O–H groups in total. The number of amides is 2. The smallest absolute Gasteiger partial charge is 0.289 e. The maximum absolute atomic E-state index is 11.9. The molecule has 1 unspecified atom stereocenters. The number of aromatic nitrogens is 2. The molecule has 1 atom stereocenters. The molecule has 7 heteroatoms. The second kappa shape index (κ2) is 8.60. The van der Waals surface area contributed by atoms with Crippen LogP contribution in [0.5, 0.6) is 0 Å². The average Bonchev–Trinajstić information content (AvgIpc) is 3.20. The molecule has 26 heavy (non-hydrogen) atoms. The lowest BCUT2D eigenvalue weighted by Gasteiger charge is -2.34. The highest BCUT2D eigenvalue weighted by Crippen LogP contribution is 2.36. The van der Waals surface area contributed by atoms with Gasteiger partial charge in [-0.05, 0) is 49.7 Å². The van der Waals surface area contributed by atoms with E-state index in [2.05, 4.69) is 20.8 Å². The van der Waals surface area contributed by atoms with E-state index in [1.807, 2.05) is 18.2 Å². The van der Waals surface area contributed by atoms with Crippen LogP contribution >= 0.6 is 0 Å². The van der Waals surface area contributed by atoms with Crippen molar-refractivity contribution in [3.8, 4) is 0 Å². The second-order valence-corrected chi connectivity index (χ2v) is 6.80. The Morgan fingerprint density at radius 2 is 2.00 bits per heavy atom. The number of hydrogen-bond donors (Lipinski definition) is 2. The van der Waals surface area contributed by atoms with E-state index in [1.54, 1.807) is 19.2 Å². The van der Waals surface area contributed by atoms with Crippen molar-refractivity contribution < 1.29 is 14.1 Å². The van der Waals surface area contributed by atoms with Crippen LogP contribution in [0.2, 0.25) is 0 Å². The molecule has 2 aromatic heterocycles. The van der Waals surface area contributed by atoms with Gasteiger partial charge in [-0.1, -0.05) is 11.2 Å². The van der Waals surface area contributed by atoms with Crippen LogP contribution in [0, 0.1) is 11.8 Å². The maximum Gasteiger partial charge on any atom is 0.289 e. The zero-order valence-corrected chi connectivity index (χ0v) is 14.9. The largest absolute Gasteiger partial charge is 0.351 e. The molecule has 0 radical (unpaired) electrons. The van der Waals surface area contributed by atoms with Gasteiger partial charge in [0, 0.05) is 25.7 Å². The van der Waals surface area contributed by atoms with Crippen molar-refractivity contribution in [1.29, 1.82) is 0 Å². The standard InChI is InChI=1S/C19H24N4O3/c1-13(24)23-18(16-4-2-3-10-20-16)15-7-5-14(6-8-15)12-21-19(25)17-9-11-22-26-17/h2-4,9-11,14-15,18H,5-8,12H2,1H3,(H,21,25)(H,23,24). The molecule has 1 fully saturated rings. The van der Waals surface area contributed by atoms with Crippen molar-refractivity contribution in [1.82, 2.24) is 20.8 Å². The molecule has 2 heterocycles. The quantitative estimate of drug-likeness (QED) is 0.829. The summed E-state index contributed by atoms with van der Waals surface area (Å²) in [5.74, 6) is 0.755. The Balaban J connectivity index is 1.52. The predicted octanol–water partition coefficient (Wildman–Crippen LogP) is 2.48. The van der Waals surface area contributed by atoms with Gasteiger partial charge in [0.25, 0.3) is 5.91 Å². The van der Waals surface area contributed by atoms with Crippen molar-refractivity contribution in [2.45, 2.75) is 38.6 Å². The Bertz CT molecular complexity index is 710. The maximum atomic E-state index is 11.9. The van der Waals surface area contributed by atoms with Crippen LogP contribution in [0.3, 0.4) is 0 Å². The van der Waals surface area contributed by atoms with Gasteiger partial charge in [0.2, 0.25) is 11.7 Å². The van der Waals surface area contributed by atoms with Gasteiger partial charge in [0.15, 0.2) is 0 Å². The molecule has 0 spiro atoms. The van der Waals surface area contributed by atoms with Crippen LogP contribution in [0.1, 0.15) is 54.9 Å². The highest BCUT2D eigenvalue weighted by molar-refractivity contribution is 5.91. The molecule has 2 amide bonds. The van der Waals surface area contributed by atoms with Gasteiger partial charge in [0.1, 0.15) is 0 Å². The van der Waals surface area contributed by atoms with E-state index < -0.39 is 0 Å². The van der Waals surface area contributed by atoms with E-state index >= 15 is 0 Å². The summed E-state index contributed by atoms with van der Waals surface area (Å²) in [5, 5.41) is 9.51. The first-order valence-electron chi connectivity index (χ1n) is 9.00. The SMILES string of the molecule is CC(=O)NC(c1ccccn1)C1CCC(CNC(=O)c2ccno2)CC1. The molecule has 1 aliphatic rings. The summed E-state index contributed by atoms with van der Waals surface area (Å²) in [6.07, 6.45) is 7.21. The number of pyridine rings is 1. The minimum atomic E-state index is -0.228. The number of nitrogens with zero attached hydrogens (tertiary/aromatic N) is 2. The number of hydrogen-bond acceptors (Lipinski definition) is 5. The first-order chi connectivity index (χ1) is 12.6. The molecule has 0 saturated heterocycles. The molecular weight excluding hydrogens is 332 g/mol. The summed E-state index contributed by atoms with van der Waals surface area (Å²) in [4.78, 5) is 28.0. The van der Waals surface area contributed by atoms with Crippen LogP contribution in [0.15, 0.2) is 41.2 Å². The van der Waals surface area contributed by atoms with Crippen molar-refractivity contribution in [3.05, 3.63) is 48.1 Å². The molecule has 0 bridgehead atoms. The lowest BCUT2D eigenvalue weighted by molar-refractivity contribution is -0.120. The molecule has 1 saturated carbocycles. The topological polar surface area (TPSA) is 97.1 Å². The van der Waals surface area contributed by atoms with Crippen LogP contribution in [0.25, 0.3) is 0 Å². The minimum Gasteiger partial charge on any atom is -0.351 e. The molecule has 1 aliphatic carbocycles. The van der Waals surface area contributed by atoms with Gasteiger partial charge < -0.3 is 15.2 Å². The van der Waals surface area contributed by atoms with Crippen LogP contribution in [-0.2, 0) is 4.79 Å². The van der Waals surface area contributed by atoms with Crippen molar-refractivity contribution in [2.75, 3.05) is 6.54 Å². The number of carbonyl (C=O) groups is 2. The Hall–Kier alpha value is -2.70. The highest BCUT2D eigenvalue weighted by Gasteiger charge is 2.30. The van der Waals surface area contributed by atoms with Crippen LogP contribution < -0.4 is 10.6 Å². The van der Waals surface area contributed by atoms with E-state index in [0.29, 0.717) is 18.4 Å². The zero-order chi connectivity index (χ0) is 18.4. The lowest BCUT2D eigenvalue weighted by atomic mass is 9.77. The fourth-order valence-electron chi connectivity index (χ4n) is 3.59. The predicted molar refractivity (Wildman–Crippen MR) is 95.1 cm³/mol. The third-order valence-corrected chi connectivity index (χ3v) is 4.94. The number of nitrogens with one attached hydrogen (secondary N) is 2. The molecule has 2 aromatic rings. The first kappa shape index (κ1) is 18.1.